The molecule has 1 N–H and O–H groups in total. The van der Waals surface area contributed by atoms with E-state index in [0.717, 1.165) is 29.1 Å². The second kappa shape index (κ2) is 12.5. The SMILES string of the molecule is CC(C)(C)OC(=O)CNC(=O)Cc1ccc(/C=C/c2ccc(N3CCN(C(=O)OC(C)(C)C)CC3)s2)cc1. The Balaban J connectivity index is 1.45. The molecule has 1 fully saturated rings. The zero-order valence-corrected chi connectivity index (χ0v) is 24.0. The molecule has 206 valence electrons. The van der Waals surface area contributed by atoms with Crippen LogP contribution in [0.5, 0.6) is 0 Å². The van der Waals surface area contributed by atoms with E-state index in [1.54, 1.807) is 37.0 Å². The first-order valence-electron chi connectivity index (χ1n) is 12.9. The first kappa shape index (κ1) is 29.2. The van der Waals surface area contributed by atoms with Gasteiger partial charge < -0.3 is 24.6 Å². The van der Waals surface area contributed by atoms with Crippen LogP contribution in [0.1, 0.15) is 57.5 Å². The molecule has 2 amide bonds. The van der Waals surface area contributed by atoms with Gasteiger partial charge in [0.1, 0.15) is 17.7 Å². The summed E-state index contributed by atoms with van der Waals surface area (Å²) in [7, 11) is 0. The van der Waals surface area contributed by atoms with E-state index in [1.165, 1.54) is 5.00 Å². The Bertz CT molecular complexity index is 1130. The highest BCUT2D eigenvalue weighted by molar-refractivity contribution is 7.17. The number of ether oxygens (including phenoxy) is 2. The molecule has 0 bridgehead atoms. The summed E-state index contributed by atoms with van der Waals surface area (Å²) in [5, 5.41) is 3.79. The number of carbonyl (C=O) groups is 3. The maximum Gasteiger partial charge on any atom is 0.410 e. The maximum absolute atomic E-state index is 12.3. The van der Waals surface area contributed by atoms with Crippen LogP contribution < -0.4 is 10.2 Å². The third-order valence-corrected chi connectivity index (χ3v) is 6.60. The molecule has 38 heavy (non-hydrogen) atoms. The zero-order chi connectivity index (χ0) is 27.9. The first-order chi connectivity index (χ1) is 17.8. The van der Waals surface area contributed by atoms with Crippen LogP contribution >= 0.6 is 11.3 Å². The van der Waals surface area contributed by atoms with E-state index in [4.69, 9.17) is 9.47 Å². The lowest BCUT2D eigenvalue weighted by Gasteiger charge is -2.36. The molecule has 0 saturated carbocycles. The minimum Gasteiger partial charge on any atom is -0.459 e. The molecule has 2 aromatic rings. The lowest BCUT2D eigenvalue weighted by atomic mass is 10.1. The molecular formula is C29H39N3O5S. The topological polar surface area (TPSA) is 88.2 Å². The van der Waals surface area contributed by atoms with Crippen LogP contribution in [-0.2, 0) is 25.5 Å². The Morgan fingerprint density at radius 3 is 2.11 bits per heavy atom. The van der Waals surface area contributed by atoms with Crippen molar-refractivity contribution in [3.8, 4) is 0 Å². The highest BCUT2D eigenvalue weighted by atomic mass is 32.1. The van der Waals surface area contributed by atoms with Crippen molar-refractivity contribution in [2.75, 3.05) is 37.6 Å². The van der Waals surface area contributed by atoms with Gasteiger partial charge in [0.05, 0.1) is 11.4 Å². The van der Waals surface area contributed by atoms with Gasteiger partial charge in [0.15, 0.2) is 0 Å². The monoisotopic (exact) mass is 541 g/mol. The van der Waals surface area contributed by atoms with Gasteiger partial charge >= 0.3 is 12.1 Å². The van der Waals surface area contributed by atoms with Crippen LogP contribution in [0.4, 0.5) is 9.80 Å². The molecule has 1 aromatic heterocycles. The van der Waals surface area contributed by atoms with Crippen LogP contribution in [0.15, 0.2) is 36.4 Å². The minimum atomic E-state index is -0.575. The highest BCUT2D eigenvalue weighted by Crippen LogP contribution is 2.28. The summed E-state index contributed by atoms with van der Waals surface area (Å²) >= 11 is 1.71. The van der Waals surface area contributed by atoms with Crippen molar-refractivity contribution in [2.24, 2.45) is 0 Å². The fourth-order valence-electron chi connectivity index (χ4n) is 3.76. The summed E-state index contributed by atoms with van der Waals surface area (Å²) in [5.74, 6) is -0.677. The van der Waals surface area contributed by atoms with Gasteiger partial charge in [-0.05, 0) is 70.9 Å². The largest absolute Gasteiger partial charge is 0.459 e. The molecule has 3 rings (SSSR count). The molecule has 1 aliphatic rings. The van der Waals surface area contributed by atoms with Crippen molar-refractivity contribution in [3.05, 3.63) is 52.4 Å². The second-order valence-electron chi connectivity index (χ2n) is 11.2. The van der Waals surface area contributed by atoms with Crippen LogP contribution in [-0.4, -0.2) is 66.8 Å². The lowest BCUT2D eigenvalue weighted by Crippen LogP contribution is -2.49. The normalized spacial score (nSPS) is 14.5. The Morgan fingerprint density at radius 2 is 1.50 bits per heavy atom. The predicted octanol–water partition coefficient (Wildman–Crippen LogP) is 4.98. The molecule has 2 heterocycles. The molecule has 0 aliphatic carbocycles. The van der Waals surface area contributed by atoms with Gasteiger partial charge in [-0.1, -0.05) is 30.3 Å². The average Bonchev–Trinajstić information content (AvgIpc) is 3.29. The van der Waals surface area contributed by atoms with Gasteiger partial charge in [0, 0.05) is 31.1 Å². The quantitative estimate of drug-likeness (QED) is 0.498. The number of thiophene rings is 1. The number of hydrogen-bond donors (Lipinski definition) is 1. The number of amides is 2. The first-order valence-corrected chi connectivity index (χ1v) is 13.7. The fourth-order valence-corrected chi connectivity index (χ4v) is 4.72. The molecule has 0 atom stereocenters. The molecule has 0 spiro atoms. The Hall–Kier alpha value is -3.33. The second-order valence-corrected chi connectivity index (χ2v) is 12.3. The molecule has 0 unspecified atom stereocenters. The third-order valence-electron chi connectivity index (χ3n) is 5.49. The smallest absolute Gasteiger partial charge is 0.410 e. The van der Waals surface area contributed by atoms with Gasteiger partial charge in [-0.25, -0.2) is 4.79 Å². The summed E-state index contributed by atoms with van der Waals surface area (Å²) in [6, 6.07) is 12.0. The van der Waals surface area contributed by atoms with E-state index in [2.05, 4.69) is 28.4 Å². The number of esters is 1. The molecule has 1 aliphatic heterocycles. The van der Waals surface area contributed by atoms with Crippen LogP contribution in [0, 0.1) is 0 Å². The highest BCUT2D eigenvalue weighted by Gasteiger charge is 2.26. The number of anilines is 1. The van der Waals surface area contributed by atoms with Crippen molar-refractivity contribution in [1.29, 1.82) is 0 Å². The van der Waals surface area contributed by atoms with Crippen LogP contribution in [0.25, 0.3) is 12.2 Å². The van der Waals surface area contributed by atoms with E-state index in [0.29, 0.717) is 13.1 Å². The molecule has 9 heteroatoms. The Kier molecular flexibility index (Phi) is 9.60. The van der Waals surface area contributed by atoms with Gasteiger partial charge in [0.2, 0.25) is 5.91 Å². The van der Waals surface area contributed by atoms with E-state index >= 15 is 0 Å². The van der Waals surface area contributed by atoms with Gasteiger partial charge in [-0.2, -0.15) is 0 Å². The standard InChI is InChI=1S/C29H39N3O5S/c1-28(2,3)36-26(34)20-30-24(33)19-22-9-7-21(8-10-22)11-12-23-13-14-25(38-23)31-15-17-32(18-16-31)27(35)37-29(4,5)6/h7-14H,15-20H2,1-6H3,(H,30,33)/b12-11+. The molecular weight excluding hydrogens is 502 g/mol. The van der Waals surface area contributed by atoms with Gasteiger partial charge in [0.25, 0.3) is 0 Å². The predicted molar refractivity (Wildman–Crippen MR) is 152 cm³/mol. The Morgan fingerprint density at radius 1 is 0.868 bits per heavy atom. The van der Waals surface area contributed by atoms with E-state index in [-0.39, 0.29) is 25.0 Å². The maximum atomic E-state index is 12.3. The number of piperazine rings is 1. The van der Waals surface area contributed by atoms with Gasteiger partial charge in [-0.3, -0.25) is 9.59 Å². The summed E-state index contributed by atoms with van der Waals surface area (Å²) in [5.41, 5.74) is 0.840. The molecule has 8 nitrogen and oxygen atoms in total. The van der Waals surface area contributed by atoms with Gasteiger partial charge in [-0.15, -0.1) is 11.3 Å². The lowest BCUT2D eigenvalue weighted by molar-refractivity contribution is -0.154. The fraction of sp³-hybridized carbons (Fsp3) is 0.483. The van der Waals surface area contributed by atoms with E-state index in [9.17, 15) is 14.4 Å². The van der Waals surface area contributed by atoms with Crippen LogP contribution in [0.3, 0.4) is 0 Å². The summed E-state index contributed by atoms with van der Waals surface area (Å²) < 4.78 is 10.7. The number of rotatable bonds is 7. The average molecular weight is 542 g/mol. The number of benzene rings is 1. The van der Waals surface area contributed by atoms with Crippen LogP contribution in [0.2, 0.25) is 0 Å². The zero-order valence-electron chi connectivity index (χ0n) is 23.2. The Labute approximate surface area is 229 Å². The number of hydrogen-bond acceptors (Lipinski definition) is 7. The third kappa shape index (κ3) is 9.85. The number of nitrogens with one attached hydrogen (secondary N) is 1. The molecule has 1 aromatic carbocycles. The molecule has 1 saturated heterocycles. The number of carbonyl (C=O) groups excluding carboxylic acids is 3. The van der Waals surface area contributed by atoms with E-state index < -0.39 is 17.2 Å². The minimum absolute atomic E-state index is 0.140. The summed E-state index contributed by atoms with van der Waals surface area (Å²) in [6.45, 7) is 13.7. The van der Waals surface area contributed by atoms with Crippen molar-refractivity contribution < 1.29 is 23.9 Å². The van der Waals surface area contributed by atoms with Crippen molar-refractivity contribution in [3.63, 3.8) is 0 Å². The molecule has 0 radical (unpaired) electrons. The number of nitrogens with zero attached hydrogens (tertiary/aromatic N) is 2. The van der Waals surface area contributed by atoms with Crippen molar-refractivity contribution in [2.45, 2.75) is 59.2 Å². The van der Waals surface area contributed by atoms with E-state index in [1.807, 2.05) is 51.1 Å². The summed E-state index contributed by atoms with van der Waals surface area (Å²) in [4.78, 5) is 41.4. The van der Waals surface area contributed by atoms with Crippen molar-refractivity contribution in [1.82, 2.24) is 10.2 Å². The summed E-state index contributed by atoms with van der Waals surface area (Å²) in [6.07, 6.45) is 4.07. The van der Waals surface area contributed by atoms with Crippen molar-refractivity contribution >= 4 is 46.5 Å².